The van der Waals surface area contributed by atoms with Gasteiger partial charge in [-0.25, -0.2) is 9.36 Å². The van der Waals surface area contributed by atoms with Gasteiger partial charge in [-0.15, -0.1) is 0 Å². The Morgan fingerprint density at radius 2 is 1.71 bits per heavy atom. The van der Waals surface area contributed by atoms with E-state index in [1.807, 2.05) is 0 Å². The molecule has 2 amide bonds. The summed E-state index contributed by atoms with van der Waals surface area (Å²) in [7, 11) is 0. The first-order chi connectivity index (χ1) is 13.5. The van der Waals surface area contributed by atoms with Crippen molar-refractivity contribution in [2.24, 2.45) is 0 Å². The molecule has 0 aliphatic carbocycles. The van der Waals surface area contributed by atoms with Gasteiger partial charge in [-0.1, -0.05) is 29.7 Å². The Balaban J connectivity index is 1.75. The van der Waals surface area contributed by atoms with E-state index in [2.05, 4.69) is 15.8 Å². The fourth-order valence-corrected chi connectivity index (χ4v) is 2.61. The summed E-state index contributed by atoms with van der Waals surface area (Å²) in [5.74, 6) is -1.10. The zero-order valence-electron chi connectivity index (χ0n) is 14.9. The van der Waals surface area contributed by atoms with Crippen LogP contribution in [-0.4, -0.2) is 21.5 Å². The van der Waals surface area contributed by atoms with E-state index in [0.29, 0.717) is 28.4 Å². The maximum atomic E-state index is 12.4. The summed E-state index contributed by atoms with van der Waals surface area (Å²) < 4.78 is 5.83. The molecule has 1 aromatic heterocycles. The van der Waals surface area contributed by atoms with E-state index in [-0.39, 0.29) is 18.3 Å². The Morgan fingerprint density at radius 3 is 2.36 bits per heavy atom. The number of carbonyl (C=O) groups excluding carboxylic acids is 2. The van der Waals surface area contributed by atoms with Crippen LogP contribution in [0.25, 0.3) is 11.4 Å². The lowest BCUT2D eigenvalue weighted by Gasteiger charge is -2.09. The van der Waals surface area contributed by atoms with Crippen molar-refractivity contribution in [1.82, 2.24) is 9.72 Å². The molecule has 3 aromatic rings. The van der Waals surface area contributed by atoms with Gasteiger partial charge in [0, 0.05) is 28.4 Å². The minimum Gasteiger partial charge on any atom is -0.326 e. The van der Waals surface area contributed by atoms with Crippen molar-refractivity contribution < 1.29 is 14.1 Å². The van der Waals surface area contributed by atoms with Gasteiger partial charge in [0.25, 0.3) is 0 Å². The molecule has 3 rings (SSSR count). The molecule has 1 heterocycles. The van der Waals surface area contributed by atoms with Crippen LogP contribution in [0.4, 0.5) is 11.4 Å². The van der Waals surface area contributed by atoms with Gasteiger partial charge >= 0.3 is 5.76 Å². The van der Waals surface area contributed by atoms with Crippen molar-refractivity contribution in [3.8, 4) is 11.4 Å². The van der Waals surface area contributed by atoms with Gasteiger partial charge in [0.05, 0.1) is 0 Å². The number of nitrogens with zero attached hydrogens (tertiary/aromatic N) is 2. The lowest BCUT2D eigenvalue weighted by molar-refractivity contribution is -0.117. The second-order valence-corrected chi connectivity index (χ2v) is 6.33. The fraction of sp³-hybridized carbons (Fsp3) is 0.158. The van der Waals surface area contributed by atoms with E-state index in [1.165, 1.54) is 0 Å². The summed E-state index contributed by atoms with van der Waals surface area (Å²) in [6.07, 6.45) is 0.348. The molecule has 2 aromatic carbocycles. The van der Waals surface area contributed by atoms with Crippen LogP contribution in [0.1, 0.15) is 13.3 Å². The third-order valence-electron chi connectivity index (χ3n) is 3.84. The van der Waals surface area contributed by atoms with Gasteiger partial charge in [-0.05, 0) is 42.5 Å². The number of rotatable bonds is 6. The molecule has 0 radical (unpaired) electrons. The largest absolute Gasteiger partial charge is 0.442 e. The van der Waals surface area contributed by atoms with E-state index in [4.69, 9.17) is 16.1 Å². The quantitative estimate of drug-likeness (QED) is 0.661. The maximum absolute atomic E-state index is 12.4. The topological polar surface area (TPSA) is 106 Å². The highest BCUT2D eigenvalue weighted by Gasteiger charge is 2.16. The van der Waals surface area contributed by atoms with Crippen LogP contribution in [0.15, 0.2) is 57.8 Å². The fourth-order valence-electron chi connectivity index (χ4n) is 2.48. The number of anilines is 2. The molecule has 0 spiro atoms. The predicted molar refractivity (Wildman–Crippen MR) is 105 cm³/mol. The van der Waals surface area contributed by atoms with E-state index in [9.17, 15) is 14.4 Å². The number of amides is 2. The summed E-state index contributed by atoms with van der Waals surface area (Å²) in [4.78, 5) is 35.9. The van der Waals surface area contributed by atoms with Gasteiger partial charge < -0.3 is 10.6 Å². The smallest absolute Gasteiger partial charge is 0.326 e. The van der Waals surface area contributed by atoms with E-state index < -0.39 is 11.7 Å². The first-order valence-electron chi connectivity index (χ1n) is 8.48. The first-order valence-corrected chi connectivity index (χ1v) is 8.86. The molecule has 0 bridgehead atoms. The molecule has 2 N–H and O–H groups in total. The Labute approximate surface area is 165 Å². The first kappa shape index (κ1) is 19.4. The molecule has 0 aliphatic rings. The van der Waals surface area contributed by atoms with E-state index in [0.717, 1.165) is 4.57 Å². The summed E-state index contributed by atoms with van der Waals surface area (Å²) in [5.41, 5.74) is 1.64. The molecular formula is C19H17ClN4O4. The molecule has 0 aliphatic heterocycles. The molecule has 0 unspecified atom stereocenters. The minimum atomic E-state index is -0.746. The summed E-state index contributed by atoms with van der Waals surface area (Å²) in [6.45, 7) is 1.46. The van der Waals surface area contributed by atoms with Crippen LogP contribution in [0.2, 0.25) is 5.02 Å². The molecule has 28 heavy (non-hydrogen) atoms. The Morgan fingerprint density at radius 1 is 1.07 bits per heavy atom. The number of aromatic nitrogens is 2. The molecule has 0 saturated heterocycles. The summed E-state index contributed by atoms with van der Waals surface area (Å²) in [5, 5.41) is 9.67. The van der Waals surface area contributed by atoms with Crippen molar-refractivity contribution in [1.29, 1.82) is 0 Å². The number of carbonyl (C=O) groups is 2. The van der Waals surface area contributed by atoms with Gasteiger partial charge in [0.2, 0.25) is 11.8 Å². The second-order valence-electron chi connectivity index (χ2n) is 5.90. The van der Waals surface area contributed by atoms with Crippen molar-refractivity contribution in [3.05, 3.63) is 64.1 Å². The highest BCUT2D eigenvalue weighted by atomic mass is 35.5. The number of benzene rings is 2. The van der Waals surface area contributed by atoms with Gasteiger partial charge in [-0.3, -0.25) is 14.1 Å². The van der Waals surface area contributed by atoms with Crippen LogP contribution in [0, 0.1) is 0 Å². The third-order valence-corrected chi connectivity index (χ3v) is 4.09. The number of hydrogen-bond acceptors (Lipinski definition) is 5. The normalized spacial score (nSPS) is 10.5. The van der Waals surface area contributed by atoms with Crippen LogP contribution in [-0.2, 0) is 16.1 Å². The van der Waals surface area contributed by atoms with Crippen LogP contribution in [0.3, 0.4) is 0 Å². The standard InChI is InChI=1S/C19H17ClN4O4/c1-2-16(25)21-14-4-3-5-15(10-14)22-17(26)11-24-18(23-28-19(24)27)12-6-8-13(20)9-7-12/h3-10H,2,11H2,1H3,(H,21,25)(H,22,26). The molecule has 9 heteroatoms. The number of nitrogens with one attached hydrogen (secondary N) is 2. The van der Waals surface area contributed by atoms with Gasteiger partial charge in [0.1, 0.15) is 6.54 Å². The van der Waals surface area contributed by atoms with Crippen LogP contribution >= 0.6 is 11.6 Å². The Hall–Kier alpha value is -3.39. The second kappa shape index (κ2) is 8.53. The van der Waals surface area contributed by atoms with E-state index >= 15 is 0 Å². The van der Waals surface area contributed by atoms with Crippen molar-refractivity contribution in [2.75, 3.05) is 10.6 Å². The maximum Gasteiger partial charge on any atom is 0.442 e. The molecular weight excluding hydrogens is 384 g/mol. The monoisotopic (exact) mass is 400 g/mol. The average Bonchev–Trinajstić information content (AvgIpc) is 3.03. The van der Waals surface area contributed by atoms with Crippen molar-refractivity contribution in [3.63, 3.8) is 0 Å². The zero-order valence-corrected chi connectivity index (χ0v) is 15.7. The highest BCUT2D eigenvalue weighted by molar-refractivity contribution is 6.30. The SMILES string of the molecule is CCC(=O)Nc1cccc(NC(=O)Cn2c(-c3ccc(Cl)cc3)noc2=O)c1. The van der Waals surface area contributed by atoms with Gasteiger partial charge in [0.15, 0.2) is 5.82 Å². The summed E-state index contributed by atoms with van der Waals surface area (Å²) in [6, 6.07) is 13.4. The van der Waals surface area contributed by atoms with Gasteiger partial charge in [-0.2, -0.15) is 0 Å². The minimum absolute atomic E-state index is 0.132. The lowest BCUT2D eigenvalue weighted by atomic mass is 10.2. The number of halogens is 1. The molecule has 0 saturated carbocycles. The number of hydrogen-bond donors (Lipinski definition) is 2. The van der Waals surface area contributed by atoms with Crippen LogP contribution < -0.4 is 16.4 Å². The molecule has 0 atom stereocenters. The Bertz CT molecular complexity index is 1060. The highest BCUT2D eigenvalue weighted by Crippen LogP contribution is 2.19. The summed E-state index contributed by atoms with van der Waals surface area (Å²) >= 11 is 5.87. The van der Waals surface area contributed by atoms with Crippen LogP contribution in [0.5, 0.6) is 0 Å². The molecule has 8 nitrogen and oxygen atoms in total. The van der Waals surface area contributed by atoms with E-state index in [1.54, 1.807) is 55.5 Å². The zero-order chi connectivity index (χ0) is 20.1. The van der Waals surface area contributed by atoms with Crippen molar-refractivity contribution in [2.45, 2.75) is 19.9 Å². The average molecular weight is 401 g/mol. The Kier molecular flexibility index (Phi) is 5.90. The molecule has 0 fully saturated rings. The third kappa shape index (κ3) is 4.66. The lowest BCUT2D eigenvalue weighted by Crippen LogP contribution is -2.25. The molecule has 144 valence electrons. The predicted octanol–water partition coefficient (Wildman–Crippen LogP) is 3.14. The van der Waals surface area contributed by atoms with Crippen molar-refractivity contribution >= 4 is 34.8 Å².